The zero-order valence-electron chi connectivity index (χ0n) is 17.7. The molecule has 0 aliphatic carbocycles. The number of rotatable bonds is 10. The molecule has 2 aromatic carbocycles. The van der Waals surface area contributed by atoms with Crippen molar-refractivity contribution in [3.05, 3.63) is 72.6 Å². The van der Waals surface area contributed by atoms with Gasteiger partial charge in [0.05, 0.1) is 37.0 Å². The lowest BCUT2D eigenvalue weighted by Crippen LogP contribution is -2.09. The van der Waals surface area contributed by atoms with Gasteiger partial charge in [-0.3, -0.25) is 9.78 Å². The summed E-state index contributed by atoms with van der Waals surface area (Å²) in [4.78, 5) is 18.6. The Kier molecular flexibility index (Phi) is 6.79. The lowest BCUT2D eigenvalue weighted by atomic mass is 9.98. The fourth-order valence-corrected chi connectivity index (χ4v) is 3.53. The van der Waals surface area contributed by atoms with E-state index in [-0.39, 0.29) is 13.2 Å². The predicted octanol–water partition coefficient (Wildman–Crippen LogP) is 4.52. The van der Waals surface area contributed by atoms with E-state index in [1.807, 2.05) is 48.5 Å². The minimum absolute atomic E-state index is 0.0138. The van der Waals surface area contributed by atoms with Crippen molar-refractivity contribution >= 4 is 16.9 Å². The van der Waals surface area contributed by atoms with Crippen LogP contribution in [0.15, 0.2) is 67.0 Å². The highest BCUT2D eigenvalue weighted by Crippen LogP contribution is 2.39. The first kappa shape index (κ1) is 21.5. The minimum Gasteiger partial charge on any atom is -0.481 e. The summed E-state index contributed by atoms with van der Waals surface area (Å²) < 4.78 is 16.7. The smallest absolute Gasteiger partial charge is 0.307 e. The van der Waals surface area contributed by atoms with Crippen molar-refractivity contribution in [2.45, 2.75) is 6.42 Å². The molecule has 0 spiro atoms. The van der Waals surface area contributed by atoms with E-state index in [4.69, 9.17) is 19.3 Å². The van der Waals surface area contributed by atoms with E-state index in [2.05, 4.69) is 16.0 Å². The van der Waals surface area contributed by atoms with Crippen molar-refractivity contribution < 1.29 is 24.1 Å². The van der Waals surface area contributed by atoms with Crippen LogP contribution >= 0.6 is 0 Å². The predicted molar refractivity (Wildman–Crippen MR) is 122 cm³/mol. The largest absolute Gasteiger partial charge is 0.481 e. The number of aliphatic carboxylic acids is 1. The zero-order chi connectivity index (χ0) is 22.3. The highest BCUT2D eigenvalue weighted by Gasteiger charge is 2.16. The van der Waals surface area contributed by atoms with Crippen LogP contribution in [0.5, 0.6) is 5.75 Å². The van der Waals surface area contributed by atoms with Crippen LogP contribution in [0.2, 0.25) is 0 Å². The first-order chi connectivity index (χ1) is 15.7. The van der Waals surface area contributed by atoms with Gasteiger partial charge in [-0.25, -0.2) is 0 Å². The summed E-state index contributed by atoms with van der Waals surface area (Å²) in [5, 5.41) is 10.1. The molecule has 2 N–H and O–H groups in total. The summed E-state index contributed by atoms with van der Waals surface area (Å²) in [5.74, 6) is -0.180. The maximum atomic E-state index is 11.0. The Hall–Kier alpha value is -3.68. The fraction of sp³-hybridized carbons (Fsp3) is 0.200. The third-order valence-electron chi connectivity index (χ3n) is 5.07. The maximum absolute atomic E-state index is 11.0. The van der Waals surface area contributed by atoms with Gasteiger partial charge in [0, 0.05) is 29.8 Å². The van der Waals surface area contributed by atoms with E-state index in [0.29, 0.717) is 19.0 Å². The molecule has 0 fully saturated rings. The second kappa shape index (κ2) is 10.1. The number of pyridine rings is 1. The number of nitrogens with one attached hydrogen (secondary N) is 1. The third kappa shape index (κ3) is 4.96. The Morgan fingerprint density at radius 3 is 2.62 bits per heavy atom. The topological polar surface area (TPSA) is 93.7 Å². The van der Waals surface area contributed by atoms with Gasteiger partial charge < -0.3 is 24.3 Å². The quantitative estimate of drug-likeness (QED) is 0.283. The standard InChI is InChI=1S/C25H24N2O5/c1-30-11-12-31-16-32-25-20(18-7-5-17(6-8-18)13-24(28)29)3-2-4-21(25)22-14-19-9-10-26-15-23(19)27-22/h2-10,14-15,27H,11-13,16H2,1H3,(H,28,29). The molecule has 4 aromatic rings. The molecule has 7 heteroatoms. The van der Waals surface area contributed by atoms with Crippen LogP contribution in [0.3, 0.4) is 0 Å². The third-order valence-corrected chi connectivity index (χ3v) is 5.07. The number of carbonyl (C=O) groups is 1. The van der Waals surface area contributed by atoms with Crippen LogP contribution in [0.4, 0.5) is 0 Å². The van der Waals surface area contributed by atoms with E-state index in [0.717, 1.165) is 38.9 Å². The molecule has 0 atom stereocenters. The maximum Gasteiger partial charge on any atom is 0.307 e. The lowest BCUT2D eigenvalue weighted by molar-refractivity contribution is -0.136. The number of H-pyrrole nitrogens is 1. The molecular formula is C25H24N2O5. The number of carboxylic acids is 1. The molecule has 32 heavy (non-hydrogen) atoms. The summed E-state index contributed by atoms with van der Waals surface area (Å²) >= 11 is 0. The monoisotopic (exact) mass is 432 g/mol. The Labute approximate surface area is 185 Å². The zero-order valence-corrected chi connectivity index (χ0v) is 17.7. The molecule has 2 heterocycles. The summed E-state index contributed by atoms with van der Waals surface area (Å²) in [5.41, 5.74) is 5.29. The number of para-hydroxylation sites is 1. The number of aromatic nitrogens is 2. The molecule has 2 aromatic heterocycles. The molecule has 0 aliphatic heterocycles. The van der Waals surface area contributed by atoms with Gasteiger partial charge in [-0.2, -0.15) is 0 Å². The van der Waals surface area contributed by atoms with Crippen molar-refractivity contribution in [3.63, 3.8) is 0 Å². The van der Waals surface area contributed by atoms with E-state index in [9.17, 15) is 4.79 Å². The second-order valence-electron chi connectivity index (χ2n) is 7.26. The molecule has 0 bridgehead atoms. The molecular weight excluding hydrogens is 408 g/mol. The fourth-order valence-electron chi connectivity index (χ4n) is 3.53. The van der Waals surface area contributed by atoms with Crippen LogP contribution in [0, 0.1) is 0 Å². The molecule has 164 valence electrons. The van der Waals surface area contributed by atoms with Gasteiger partial charge in [0.1, 0.15) is 5.75 Å². The van der Waals surface area contributed by atoms with Crippen molar-refractivity contribution in [2.24, 2.45) is 0 Å². The van der Waals surface area contributed by atoms with Gasteiger partial charge >= 0.3 is 5.97 Å². The first-order valence-electron chi connectivity index (χ1n) is 10.2. The van der Waals surface area contributed by atoms with Crippen LogP contribution in [0.1, 0.15) is 5.56 Å². The van der Waals surface area contributed by atoms with Crippen LogP contribution in [-0.2, 0) is 20.7 Å². The molecule has 7 nitrogen and oxygen atoms in total. The molecule has 0 saturated heterocycles. The lowest BCUT2D eigenvalue weighted by Gasteiger charge is -2.16. The molecule has 0 radical (unpaired) electrons. The average molecular weight is 432 g/mol. The second-order valence-corrected chi connectivity index (χ2v) is 7.26. The number of aromatic amines is 1. The average Bonchev–Trinajstić information content (AvgIpc) is 3.23. The van der Waals surface area contributed by atoms with Crippen molar-refractivity contribution in [1.29, 1.82) is 0 Å². The Morgan fingerprint density at radius 2 is 1.88 bits per heavy atom. The van der Waals surface area contributed by atoms with Gasteiger partial charge in [-0.1, -0.05) is 36.4 Å². The van der Waals surface area contributed by atoms with E-state index in [1.54, 1.807) is 19.5 Å². The van der Waals surface area contributed by atoms with Crippen molar-refractivity contribution in [3.8, 4) is 28.1 Å². The molecule has 0 unspecified atom stereocenters. The van der Waals surface area contributed by atoms with E-state index < -0.39 is 5.97 Å². The number of hydrogen-bond acceptors (Lipinski definition) is 5. The minimum atomic E-state index is -0.856. The van der Waals surface area contributed by atoms with Crippen LogP contribution in [-0.4, -0.2) is 48.2 Å². The summed E-state index contributed by atoms with van der Waals surface area (Å²) in [6, 6.07) is 17.4. The number of benzene rings is 2. The van der Waals surface area contributed by atoms with E-state index >= 15 is 0 Å². The van der Waals surface area contributed by atoms with Crippen molar-refractivity contribution in [1.82, 2.24) is 9.97 Å². The van der Waals surface area contributed by atoms with Gasteiger partial charge in [0.15, 0.2) is 6.79 Å². The first-order valence-corrected chi connectivity index (χ1v) is 10.2. The summed E-state index contributed by atoms with van der Waals surface area (Å²) in [7, 11) is 1.62. The van der Waals surface area contributed by atoms with Gasteiger partial charge in [0.25, 0.3) is 0 Å². The molecule has 0 amide bonds. The summed E-state index contributed by atoms with van der Waals surface area (Å²) in [6.45, 7) is 0.986. The SMILES string of the molecule is COCCOCOc1c(-c2ccc(CC(=O)O)cc2)cccc1-c1cc2ccncc2[nH]1. The van der Waals surface area contributed by atoms with Gasteiger partial charge in [-0.05, 0) is 29.3 Å². The Balaban J connectivity index is 1.71. The Bertz CT molecular complexity index is 1170. The normalized spacial score (nSPS) is 11.0. The molecule has 0 aliphatic rings. The highest BCUT2D eigenvalue weighted by atomic mass is 16.7. The van der Waals surface area contributed by atoms with Crippen LogP contribution < -0.4 is 4.74 Å². The Morgan fingerprint density at radius 1 is 1.06 bits per heavy atom. The number of fused-ring (bicyclic) bond motifs is 1. The van der Waals surface area contributed by atoms with Gasteiger partial charge in [0.2, 0.25) is 0 Å². The summed E-state index contributed by atoms with van der Waals surface area (Å²) in [6.07, 6.45) is 3.54. The van der Waals surface area contributed by atoms with Gasteiger partial charge in [-0.15, -0.1) is 0 Å². The highest BCUT2D eigenvalue weighted by molar-refractivity contribution is 5.89. The van der Waals surface area contributed by atoms with Crippen LogP contribution in [0.25, 0.3) is 33.3 Å². The molecule has 0 saturated carbocycles. The van der Waals surface area contributed by atoms with Crippen molar-refractivity contribution in [2.75, 3.05) is 27.1 Å². The van der Waals surface area contributed by atoms with E-state index in [1.165, 1.54) is 0 Å². The number of nitrogens with zero attached hydrogens (tertiary/aromatic N) is 1. The number of hydrogen-bond donors (Lipinski definition) is 2. The number of ether oxygens (including phenoxy) is 3. The molecule has 4 rings (SSSR count). The number of carboxylic acid groups (broad SMARTS) is 1. The number of methoxy groups -OCH3 is 1.